The Labute approximate surface area is 296 Å². The average Bonchev–Trinajstić information content (AvgIpc) is 3.41. The Morgan fingerprint density at radius 3 is 1.96 bits per heavy atom. The first-order chi connectivity index (χ1) is 23.7. The van der Waals surface area contributed by atoms with E-state index in [9.17, 15) is 9.59 Å². The normalized spacial score (nSPS) is 17.1. The molecule has 2 aliphatic rings. The van der Waals surface area contributed by atoms with Crippen molar-refractivity contribution in [1.82, 2.24) is 29.7 Å². The number of ether oxygens (including phenoxy) is 2. The van der Waals surface area contributed by atoms with Crippen LogP contribution in [0.2, 0.25) is 0 Å². The van der Waals surface area contributed by atoms with E-state index in [1.807, 2.05) is 53.9 Å². The van der Waals surface area contributed by atoms with Crippen LogP contribution in [0.1, 0.15) is 98.3 Å². The molecule has 1 saturated heterocycles. The van der Waals surface area contributed by atoms with E-state index in [2.05, 4.69) is 65.4 Å². The van der Waals surface area contributed by atoms with E-state index >= 15 is 0 Å². The van der Waals surface area contributed by atoms with Gasteiger partial charge in [-0.2, -0.15) is 0 Å². The van der Waals surface area contributed by atoms with E-state index in [4.69, 9.17) is 19.4 Å². The highest BCUT2D eigenvalue weighted by atomic mass is 16.6. The Kier molecular flexibility index (Phi) is 10.1. The van der Waals surface area contributed by atoms with Crippen molar-refractivity contribution in [3.05, 3.63) is 72.6 Å². The number of nitrogens with one attached hydrogen (secondary N) is 2. The molecule has 2 aromatic carbocycles. The number of carbonyl (C=O) groups is 2. The van der Waals surface area contributed by atoms with Crippen molar-refractivity contribution in [2.24, 2.45) is 11.8 Å². The summed E-state index contributed by atoms with van der Waals surface area (Å²) in [5, 5.41) is 0. The number of nitrogens with zero attached hydrogens (tertiary/aromatic N) is 4. The summed E-state index contributed by atoms with van der Waals surface area (Å²) in [6.07, 6.45) is 8.71. The van der Waals surface area contributed by atoms with Gasteiger partial charge in [0, 0.05) is 36.6 Å². The molecule has 266 valence electrons. The van der Waals surface area contributed by atoms with Crippen molar-refractivity contribution in [3.63, 3.8) is 0 Å². The Morgan fingerprint density at radius 1 is 0.820 bits per heavy atom. The van der Waals surface area contributed by atoms with Crippen molar-refractivity contribution in [3.8, 4) is 33.6 Å². The van der Waals surface area contributed by atoms with Gasteiger partial charge in [0.05, 0.1) is 24.0 Å². The van der Waals surface area contributed by atoms with Gasteiger partial charge in [-0.25, -0.2) is 19.6 Å². The standard InChI is InChI=1S/C40H52N6O4/c1-26(21-27-10-11-27)24-45(37(47)49-39(2,3)4)25-35-41-22-32(43-35)30-16-12-28(13-17-30)29-14-18-31(19-15-29)33-23-42-36(44-33)34-9-8-20-46(34)38(48)50-40(5,6)7/h12-19,22-23,26-27,34H,8-11,20-21,24-25H2,1-7H3,(H,41,43)(H,42,44). The molecule has 1 saturated carbocycles. The van der Waals surface area contributed by atoms with Gasteiger partial charge in [-0.1, -0.05) is 68.3 Å². The summed E-state index contributed by atoms with van der Waals surface area (Å²) in [7, 11) is 0. The molecule has 10 heteroatoms. The minimum Gasteiger partial charge on any atom is -0.444 e. The number of imidazole rings is 2. The first kappa shape index (κ1) is 35.2. The van der Waals surface area contributed by atoms with Crippen LogP contribution in [0.25, 0.3) is 33.6 Å². The second kappa shape index (κ2) is 14.3. The molecule has 2 amide bonds. The van der Waals surface area contributed by atoms with Crippen LogP contribution < -0.4 is 0 Å². The summed E-state index contributed by atoms with van der Waals surface area (Å²) in [6.45, 7) is 15.2. The third kappa shape index (κ3) is 9.14. The summed E-state index contributed by atoms with van der Waals surface area (Å²) in [5.41, 5.74) is 4.77. The summed E-state index contributed by atoms with van der Waals surface area (Å²) in [4.78, 5) is 45.8. The molecule has 2 aromatic heterocycles. The fourth-order valence-corrected chi connectivity index (χ4v) is 6.59. The molecular weight excluding hydrogens is 628 g/mol. The van der Waals surface area contributed by atoms with Gasteiger partial charge in [-0.15, -0.1) is 0 Å². The highest BCUT2D eigenvalue weighted by Gasteiger charge is 2.35. The van der Waals surface area contributed by atoms with Gasteiger partial charge < -0.3 is 24.3 Å². The average molecular weight is 681 g/mol. The number of hydrogen-bond acceptors (Lipinski definition) is 6. The molecule has 0 radical (unpaired) electrons. The number of carbonyl (C=O) groups excluding carboxylic acids is 2. The van der Waals surface area contributed by atoms with Crippen LogP contribution in [-0.4, -0.2) is 66.2 Å². The van der Waals surface area contributed by atoms with Crippen molar-refractivity contribution in [2.45, 2.75) is 104 Å². The molecule has 0 spiro atoms. The zero-order valence-corrected chi connectivity index (χ0v) is 30.6. The lowest BCUT2D eigenvalue weighted by Crippen LogP contribution is -2.39. The van der Waals surface area contributed by atoms with Crippen LogP contribution in [0.4, 0.5) is 9.59 Å². The van der Waals surface area contributed by atoms with Gasteiger partial charge in [-0.05, 0) is 83.8 Å². The molecule has 1 aliphatic heterocycles. The predicted octanol–water partition coefficient (Wildman–Crippen LogP) is 9.38. The topological polar surface area (TPSA) is 116 Å². The minimum absolute atomic E-state index is 0.119. The van der Waals surface area contributed by atoms with E-state index in [0.29, 0.717) is 25.6 Å². The molecule has 2 unspecified atom stereocenters. The van der Waals surface area contributed by atoms with Crippen LogP contribution in [0.3, 0.4) is 0 Å². The fourth-order valence-electron chi connectivity index (χ4n) is 6.59. The number of hydrogen-bond donors (Lipinski definition) is 2. The first-order valence-electron chi connectivity index (χ1n) is 18.0. The van der Waals surface area contributed by atoms with E-state index in [0.717, 1.165) is 70.5 Å². The SMILES string of the molecule is CC(CC1CC1)CN(Cc1nc(-c2ccc(-c3ccc(-c4c[nH]c(C5CCCN5C(=O)OC(C)(C)C)n4)cc3)cc2)c[nH]1)C(=O)OC(C)(C)C. The first-order valence-corrected chi connectivity index (χ1v) is 18.0. The second-order valence-electron chi connectivity index (χ2n) is 16.0. The number of benzene rings is 2. The second-order valence-corrected chi connectivity index (χ2v) is 16.0. The minimum atomic E-state index is -0.559. The van der Waals surface area contributed by atoms with Crippen LogP contribution in [0, 0.1) is 11.8 Å². The molecule has 1 aliphatic carbocycles. The Hall–Kier alpha value is -4.60. The van der Waals surface area contributed by atoms with Gasteiger partial charge in [0.15, 0.2) is 0 Å². The van der Waals surface area contributed by atoms with Crippen LogP contribution in [-0.2, 0) is 16.0 Å². The molecule has 3 heterocycles. The summed E-state index contributed by atoms with van der Waals surface area (Å²) in [5.74, 6) is 2.71. The Balaban J connectivity index is 1.09. The van der Waals surface area contributed by atoms with Gasteiger partial charge >= 0.3 is 12.2 Å². The zero-order chi connectivity index (χ0) is 35.6. The van der Waals surface area contributed by atoms with E-state index in [1.54, 1.807) is 9.80 Å². The van der Waals surface area contributed by atoms with Crippen LogP contribution >= 0.6 is 0 Å². The largest absolute Gasteiger partial charge is 0.444 e. The number of likely N-dealkylation sites (tertiary alicyclic amines) is 1. The third-order valence-corrected chi connectivity index (χ3v) is 9.08. The summed E-state index contributed by atoms with van der Waals surface area (Å²) in [6, 6.07) is 16.6. The number of H-pyrrole nitrogens is 2. The van der Waals surface area contributed by atoms with E-state index in [1.165, 1.54) is 12.8 Å². The number of aromatic nitrogens is 4. The third-order valence-electron chi connectivity index (χ3n) is 9.08. The van der Waals surface area contributed by atoms with Gasteiger partial charge in [0.1, 0.15) is 22.9 Å². The highest BCUT2D eigenvalue weighted by Crippen LogP contribution is 2.36. The predicted molar refractivity (Wildman–Crippen MR) is 195 cm³/mol. The molecule has 2 fully saturated rings. The Morgan fingerprint density at radius 2 is 1.38 bits per heavy atom. The van der Waals surface area contributed by atoms with Crippen LogP contribution in [0.5, 0.6) is 0 Å². The monoisotopic (exact) mass is 680 g/mol. The van der Waals surface area contributed by atoms with Crippen molar-refractivity contribution in [2.75, 3.05) is 13.1 Å². The number of amides is 2. The van der Waals surface area contributed by atoms with Crippen molar-refractivity contribution in [1.29, 1.82) is 0 Å². The van der Waals surface area contributed by atoms with Crippen LogP contribution in [0.15, 0.2) is 60.9 Å². The highest BCUT2D eigenvalue weighted by molar-refractivity contribution is 5.72. The maximum absolute atomic E-state index is 13.1. The van der Waals surface area contributed by atoms with Gasteiger partial charge in [-0.3, -0.25) is 4.90 Å². The fraction of sp³-hybridized carbons (Fsp3) is 0.500. The zero-order valence-electron chi connectivity index (χ0n) is 30.6. The summed E-state index contributed by atoms with van der Waals surface area (Å²) >= 11 is 0. The lowest BCUT2D eigenvalue weighted by Gasteiger charge is -2.29. The number of aromatic amines is 2. The maximum Gasteiger partial charge on any atom is 0.410 e. The van der Waals surface area contributed by atoms with Crippen molar-refractivity contribution < 1.29 is 19.1 Å². The quantitative estimate of drug-likeness (QED) is 0.172. The van der Waals surface area contributed by atoms with E-state index in [-0.39, 0.29) is 18.2 Å². The number of rotatable bonds is 10. The Bertz CT molecular complexity index is 1760. The molecule has 50 heavy (non-hydrogen) atoms. The molecule has 10 nitrogen and oxygen atoms in total. The smallest absolute Gasteiger partial charge is 0.410 e. The lowest BCUT2D eigenvalue weighted by atomic mass is 10.0. The molecule has 6 rings (SSSR count). The molecule has 0 bridgehead atoms. The van der Waals surface area contributed by atoms with Crippen molar-refractivity contribution >= 4 is 12.2 Å². The van der Waals surface area contributed by atoms with E-state index < -0.39 is 11.2 Å². The molecular formula is C40H52N6O4. The molecule has 2 N–H and O–H groups in total. The maximum atomic E-state index is 13.1. The summed E-state index contributed by atoms with van der Waals surface area (Å²) < 4.78 is 11.4. The lowest BCUT2D eigenvalue weighted by molar-refractivity contribution is 0.0194. The molecule has 4 aromatic rings. The van der Waals surface area contributed by atoms with Gasteiger partial charge in [0.25, 0.3) is 0 Å². The van der Waals surface area contributed by atoms with Gasteiger partial charge in [0.2, 0.25) is 0 Å². The molecule has 2 atom stereocenters.